The summed E-state index contributed by atoms with van der Waals surface area (Å²) in [4.78, 5) is 22.9. The number of amides is 1. The number of hydrogen-bond acceptors (Lipinski definition) is 2. The fourth-order valence-electron chi connectivity index (χ4n) is 1.44. The first-order valence-corrected chi connectivity index (χ1v) is 5.48. The minimum atomic E-state index is -1.27. The highest BCUT2D eigenvalue weighted by molar-refractivity contribution is 5.96. The van der Waals surface area contributed by atoms with Gasteiger partial charge in [-0.25, -0.2) is 4.79 Å². The number of rotatable bonds is 4. The van der Waals surface area contributed by atoms with E-state index in [1.165, 1.54) is 13.8 Å². The molecule has 0 aliphatic heterocycles. The summed E-state index contributed by atoms with van der Waals surface area (Å²) in [5.74, 6) is -1.44. The maximum absolute atomic E-state index is 12.0. The number of carbonyl (C=O) groups is 2. The van der Waals surface area contributed by atoms with E-state index in [4.69, 9.17) is 5.11 Å². The number of carboxylic acid groups (broad SMARTS) is 1. The predicted molar refractivity (Wildman–Crippen MR) is 64.0 cm³/mol. The van der Waals surface area contributed by atoms with Gasteiger partial charge in [-0.15, -0.1) is 0 Å². The lowest BCUT2D eigenvalue weighted by Gasteiger charge is -2.22. The first-order chi connectivity index (χ1) is 7.75. The Kier molecular flexibility index (Phi) is 3.60. The van der Waals surface area contributed by atoms with Gasteiger partial charge in [-0.2, -0.15) is 0 Å². The lowest BCUT2D eigenvalue weighted by molar-refractivity contribution is -0.143. The van der Waals surface area contributed by atoms with Crippen LogP contribution in [0, 0.1) is 0 Å². The van der Waals surface area contributed by atoms with E-state index in [2.05, 4.69) is 5.32 Å². The molecule has 1 aromatic rings. The average molecular weight is 238 g/mol. The Balaban J connectivity index is 2.91. The second kappa shape index (κ2) is 4.61. The van der Waals surface area contributed by atoms with Gasteiger partial charge < -0.3 is 15.0 Å². The van der Waals surface area contributed by atoms with Crippen LogP contribution in [0.2, 0.25) is 0 Å². The van der Waals surface area contributed by atoms with Gasteiger partial charge in [0.25, 0.3) is 5.91 Å². The Morgan fingerprint density at radius 3 is 2.47 bits per heavy atom. The minimum Gasteiger partial charge on any atom is -0.480 e. The Morgan fingerprint density at radius 2 is 2.00 bits per heavy atom. The molecule has 0 fully saturated rings. The van der Waals surface area contributed by atoms with E-state index in [-0.39, 0.29) is 11.9 Å². The fraction of sp³-hybridized carbons (Fsp3) is 0.500. The van der Waals surface area contributed by atoms with Crippen LogP contribution in [-0.4, -0.2) is 27.1 Å². The lowest BCUT2D eigenvalue weighted by Crippen LogP contribution is -2.50. The topological polar surface area (TPSA) is 71.3 Å². The van der Waals surface area contributed by atoms with Crippen LogP contribution in [0.4, 0.5) is 0 Å². The molecule has 0 atom stereocenters. The molecule has 0 radical (unpaired) electrons. The van der Waals surface area contributed by atoms with Crippen molar-refractivity contribution in [1.29, 1.82) is 0 Å². The summed E-state index contributed by atoms with van der Waals surface area (Å²) in [6, 6.07) is 3.59. The van der Waals surface area contributed by atoms with Crippen molar-refractivity contribution < 1.29 is 14.7 Å². The maximum atomic E-state index is 12.0. The van der Waals surface area contributed by atoms with Crippen molar-refractivity contribution in [2.45, 2.75) is 39.3 Å². The van der Waals surface area contributed by atoms with Crippen molar-refractivity contribution in [1.82, 2.24) is 9.88 Å². The highest BCUT2D eigenvalue weighted by Crippen LogP contribution is 2.12. The summed E-state index contributed by atoms with van der Waals surface area (Å²) < 4.78 is 1.80. The Labute approximate surface area is 100 Å². The van der Waals surface area contributed by atoms with Gasteiger partial charge in [0.2, 0.25) is 0 Å². The van der Waals surface area contributed by atoms with Gasteiger partial charge in [-0.1, -0.05) is 0 Å². The Morgan fingerprint density at radius 1 is 1.41 bits per heavy atom. The third kappa shape index (κ3) is 2.87. The summed E-state index contributed by atoms with van der Waals surface area (Å²) in [6.07, 6.45) is 1.80. The SMILES string of the molecule is CC(C)n1cccc1C(=O)NC(C)(C)C(=O)O. The van der Waals surface area contributed by atoms with Crippen LogP contribution >= 0.6 is 0 Å². The second-order valence-corrected chi connectivity index (χ2v) is 4.78. The quantitative estimate of drug-likeness (QED) is 0.838. The normalized spacial score (nSPS) is 11.6. The Hall–Kier alpha value is -1.78. The van der Waals surface area contributed by atoms with E-state index in [0.29, 0.717) is 5.69 Å². The number of nitrogens with one attached hydrogen (secondary N) is 1. The van der Waals surface area contributed by atoms with Gasteiger partial charge in [0.1, 0.15) is 11.2 Å². The van der Waals surface area contributed by atoms with E-state index >= 15 is 0 Å². The maximum Gasteiger partial charge on any atom is 0.328 e. The summed E-state index contributed by atoms with van der Waals surface area (Å²) >= 11 is 0. The highest BCUT2D eigenvalue weighted by Gasteiger charge is 2.30. The van der Waals surface area contributed by atoms with Crippen molar-refractivity contribution in [2.75, 3.05) is 0 Å². The number of carboxylic acids is 1. The zero-order valence-corrected chi connectivity index (χ0v) is 10.5. The van der Waals surface area contributed by atoms with E-state index in [1.54, 1.807) is 22.9 Å². The minimum absolute atomic E-state index is 0.152. The third-order valence-electron chi connectivity index (χ3n) is 2.53. The summed E-state index contributed by atoms with van der Waals surface area (Å²) in [5, 5.41) is 11.4. The fourth-order valence-corrected chi connectivity index (χ4v) is 1.44. The van der Waals surface area contributed by atoms with Gasteiger partial charge in [0.05, 0.1) is 0 Å². The van der Waals surface area contributed by atoms with Crippen LogP contribution in [0.25, 0.3) is 0 Å². The van der Waals surface area contributed by atoms with Crippen molar-refractivity contribution >= 4 is 11.9 Å². The molecule has 1 rings (SSSR count). The van der Waals surface area contributed by atoms with Crippen molar-refractivity contribution in [3.8, 4) is 0 Å². The van der Waals surface area contributed by atoms with Crippen LogP contribution in [0.3, 0.4) is 0 Å². The molecule has 1 heterocycles. The molecule has 17 heavy (non-hydrogen) atoms. The zero-order chi connectivity index (χ0) is 13.2. The molecule has 0 saturated carbocycles. The van der Waals surface area contributed by atoms with Crippen molar-refractivity contribution in [2.24, 2.45) is 0 Å². The monoisotopic (exact) mass is 238 g/mol. The Bertz CT molecular complexity index is 433. The molecule has 0 aliphatic carbocycles. The number of nitrogens with zero attached hydrogens (tertiary/aromatic N) is 1. The molecular weight excluding hydrogens is 220 g/mol. The summed E-state index contributed by atoms with van der Waals surface area (Å²) in [5.41, 5.74) is -0.808. The number of carbonyl (C=O) groups excluding carboxylic acids is 1. The van der Waals surface area contributed by atoms with Gasteiger partial charge in [-0.05, 0) is 39.8 Å². The lowest BCUT2D eigenvalue weighted by atomic mass is 10.1. The molecular formula is C12H18N2O3. The standard InChI is InChI=1S/C12H18N2O3/c1-8(2)14-7-5-6-9(14)10(15)13-12(3,4)11(16)17/h5-8H,1-4H3,(H,13,15)(H,16,17). The van der Waals surface area contributed by atoms with E-state index in [0.717, 1.165) is 0 Å². The van der Waals surface area contributed by atoms with E-state index in [1.807, 2.05) is 13.8 Å². The van der Waals surface area contributed by atoms with Gasteiger partial charge in [0, 0.05) is 12.2 Å². The van der Waals surface area contributed by atoms with Crippen molar-refractivity contribution in [3.05, 3.63) is 24.0 Å². The molecule has 1 aromatic heterocycles. The first kappa shape index (κ1) is 13.3. The van der Waals surface area contributed by atoms with E-state index < -0.39 is 11.5 Å². The molecule has 0 aliphatic rings. The molecule has 5 heteroatoms. The zero-order valence-electron chi connectivity index (χ0n) is 10.5. The molecule has 5 nitrogen and oxygen atoms in total. The molecule has 0 spiro atoms. The summed E-state index contributed by atoms with van der Waals surface area (Å²) in [6.45, 7) is 6.82. The molecule has 0 saturated heterocycles. The number of aliphatic carboxylic acids is 1. The number of hydrogen-bond donors (Lipinski definition) is 2. The molecule has 94 valence electrons. The van der Waals surface area contributed by atoms with Crippen LogP contribution in [0.15, 0.2) is 18.3 Å². The van der Waals surface area contributed by atoms with Crippen LogP contribution in [-0.2, 0) is 4.79 Å². The van der Waals surface area contributed by atoms with Gasteiger partial charge in [0.15, 0.2) is 0 Å². The van der Waals surface area contributed by atoms with Crippen LogP contribution < -0.4 is 5.32 Å². The molecule has 0 unspecified atom stereocenters. The average Bonchev–Trinajstić information content (AvgIpc) is 2.64. The highest BCUT2D eigenvalue weighted by atomic mass is 16.4. The third-order valence-corrected chi connectivity index (χ3v) is 2.53. The predicted octanol–water partition coefficient (Wildman–Crippen LogP) is 1.66. The van der Waals surface area contributed by atoms with Crippen LogP contribution in [0.1, 0.15) is 44.2 Å². The first-order valence-electron chi connectivity index (χ1n) is 5.48. The number of aromatic nitrogens is 1. The van der Waals surface area contributed by atoms with E-state index in [9.17, 15) is 9.59 Å². The summed E-state index contributed by atoms with van der Waals surface area (Å²) in [7, 11) is 0. The smallest absolute Gasteiger partial charge is 0.328 e. The second-order valence-electron chi connectivity index (χ2n) is 4.78. The molecule has 2 N–H and O–H groups in total. The molecule has 1 amide bonds. The van der Waals surface area contributed by atoms with Gasteiger partial charge in [-0.3, -0.25) is 4.79 Å². The van der Waals surface area contributed by atoms with Crippen LogP contribution in [0.5, 0.6) is 0 Å². The largest absolute Gasteiger partial charge is 0.480 e. The molecule has 0 aromatic carbocycles. The van der Waals surface area contributed by atoms with Crippen molar-refractivity contribution in [3.63, 3.8) is 0 Å². The molecule has 0 bridgehead atoms. The van der Waals surface area contributed by atoms with Gasteiger partial charge >= 0.3 is 5.97 Å².